The zero-order chi connectivity index (χ0) is 18.2. The maximum atomic E-state index is 12.2. The molecular formula is C19H24N2O4. The van der Waals surface area contributed by atoms with Crippen LogP contribution in [0.25, 0.3) is 0 Å². The van der Waals surface area contributed by atoms with E-state index in [2.05, 4.69) is 12.2 Å². The molecule has 1 aliphatic rings. The van der Waals surface area contributed by atoms with Gasteiger partial charge in [-0.25, -0.2) is 4.79 Å². The Balaban J connectivity index is 1.79. The van der Waals surface area contributed by atoms with E-state index in [1.54, 1.807) is 31.2 Å². The third-order valence-electron chi connectivity index (χ3n) is 4.47. The molecule has 0 saturated heterocycles. The van der Waals surface area contributed by atoms with Crippen molar-refractivity contribution in [2.24, 2.45) is 5.92 Å². The van der Waals surface area contributed by atoms with E-state index in [1.165, 1.54) is 6.42 Å². The average Bonchev–Trinajstić information content (AvgIpc) is 2.62. The number of hydrogen-bond donors (Lipinski definition) is 1. The molecule has 2 rings (SSSR count). The highest BCUT2D eigenvalue weighted by Gasteiger charge is 2.26. The van der Waals surface area contributed by atoms with E-state index in [-0.39, 0.29) is 18.6 Å². The van der Waals surface area contributed by atoms with E-state index in [4.69, 9.17) is 14.7 Å². The summed E-state index contributed by atoms with van der Waals surface area (Å²) in [4.78, 5) is 24.1. The second-order valence-corrected chi connectivity index (χ2v) is 6.41. The van der Waals surface area contributed by atoms with Crippen LogP contribution in [0.1, 0.15) is 45.1 Å². The predicted molar refractivity (Wildman–Crippen MR) is 91.8 cm³/mol. The van der Waals surface area contributed by atoms with Crippen molar-refractivity contribution in [3.8, 4) is 11.8 Å². The summed E-state index contributed by atoms with van der Waals surface area (Å²) in [7, 11) is 0. The maximum Gasteiger partial charge on any atom is 0.344 e. The van der Waals surface area contributed by atoms with Gasteiger partial charge in [0.25, 0.3) is 5.91 Å². The lowest BCUT2D eigenvalue weighted by Crippen LogP contribution is -2.46. The van der Waals surface area contributed by atoms with Crippen molar-refractivity contribution in [2.45, 2.75) is 51.7 Å². The first kappa shape index (κ1) is 18.8. The number of benzene rings is 1. The van der Waals surface area contributed by atoms with Crippen molar-refractivity contribution < 1.29 is 19.1 Å². The highest BCUT2D eigenvalue weighted by atomic mass is 16.6. The lowest BCUT2D eigenvalue weighted by atomic mass is 9.86. The first-order valence-electron chi connectivity index (χ1n) is 8.63. The van der Waals surface area contributed by atoms with Gasteiger partial charge >= 0.3 is 5.97 Å². The molecule has 1 amide bonds. The molecule has 25 heavy (non-hydrogen) atoms. The highest BCUT2D eigenvalue weighted by Crippen LogP contribution is 2.23. The number of rotatable bonds is 6. The van der Waals surface area contributed by atoms with Gasteiger partial charge in [-0.15, -0.1) is 0 Å². The van der Waals surface area contributed by atoms with Crippen LogP contribution in [0.3, 0.4) is 0 Å². The van der Waals surface area contributed by atoms with Crippen molar-refractivity contribution in [3.63, 3.8) is 0 Å². The minimum Gasteiger partial charge on any atom is -0.481 e. The fraction of sp³-hybridized carbons (Fsp3) is 0.526. The number of carbonyl (C=O) groups is 2. The van der Waals surface area contributed by atoms with Gasteiger partial charge in [0.1, 0.15) is 11.8 Å². The van der Waals surface area contributed by atoms with Crippen molar-refractivity contribution in [2.75, 3.05) is 6.61 Å². The van der Waals surface area contributed by atoms with Crippen LogP contribution >= 0.6 is 0 Å². The van der Waals surface area contributed by atoms with E-state index < -0.39 is 12.1 Å². The topological polar surface area (TPSA) is 88.4 Å². The average molecular weight is 344 g/mol. The van der Waals surface area contributed by atoms with Crippen molar-refractivity contribution >= 4 is 11.9 Å². The molecule has 0 aliphatic heterocycles. The molecule has 0 radical (unpaired) electrons. The number of carbonyl (C=O) groups excluding carboxylic acids is 2. The Hall–Kier alpha value is -2.55. The van der Waals surface area contributed by atoms with Crippen LogP contribution in [0, 0.1) is 17.2 Å². The fourth-order valence-corrected chi connectivity index (χ4v) is 2.94. The summed E-state index contributed by atoms with van der Waals surface area (Å²) < 4.78 is 10.4. The third kappa shape index (κ3) is 5.49. The molecule has 134 valence electrons. The molecule has 1 saturated carbocycles. The summed E-state index contributed by atoms with van der Waals surface area (Å²) >= 11 is 0. The monoisotopic (exact) mass is 344 g/mol. The van der Waals surface area contributed by atoms with Crippen LogP contribution in [-0.4, -0.2) is 30.6 Å². The van der Waals surface area contributed by atoms with Crippen LogP contribution in [0.4, 0.5) is 0 Å². The number of nitrogens with one attached hydrogen (secondary N) is 1. The molecule has 0 spiro atoms. The van der Waals surface area contributed by atoms with Gasteiger partial charge in [0, 0.05) is 6.04 Å². The lowest BCUT2D eigenvalue weighted by Gasteiger charge is -2.30. The SMILES string of the molecule is C[C@@H]1CCCC[C@H]1NC(=O)[C@@H](C)OC(=O)COc1ccccc1C#N. The molecule has 6 nitrogen and oxygen atoms in total. The molecule has 0 aromatic heterocycles. The summed E-state index contributed by atoms with van der Waals surface area (Å²) in [5.41, 5.74) is 0.340. The van der Waals surface area contributed by atoms with Crippen molar-refractivity contribution in [1.29, 1.82) is 5.26 Å². The summed E-state index contributed by atoms with van der Waals surface area (Å²) in [6.45, 7) is 3.32. The van der Waals surface area contributed by atoms with Crippen molar-refractivity contribution in [3.05, 3.63) is 29.8 Å². The van der Waals surface area contributed by atoms with Gasteiger partial charge in [0.15, 0.2) is 12.7 Å². The van der Waals surface area contributed by atoms with Gasteiger partial charge in [0.05, 0.1) is 5.56 Å². The van der Waals surface area contributed by atoms with E-state index in [0.717, 1.165) is 19.3 Å². The minimum atomic E-state index is -0.878. The molecule has 1 aromatic carbocycles. The largest absolute Gasteiger partial charge is 0.481 e. The Labute approximate surface area is 148 Å². The molecule has 0 unspecified atom stereocenters. The van der Waals surface area contributed by atoms with Crippen LogP contribution in [0.5, 0.6) is 5.75 Å². The van der Waals surface area contributed by atoms with Gasteiger partial charge < -0.3 is 14.8 Å². The molecule has 1 aromatic rings. The summed E-state index contributed by atoms with van der Waals surface area (Å²) in [6, 6.07) is 8.75. The quantitative estimate of drug-likeness (QED) is 0.801. The van der Waals surface area contributed by atoms with E-state index >= 15 is 0 Å². The first-order valence-corrected chi connectivity index (χ1v) is 8.63. The van der Waals surface area contributed by atoms with Gasteiger partial charge in [-0.1, -0.05) is 31.9 Å². The third-order valence-corrected chi connectivity index (χ3v) is 4.47. The molecular weight excluding hydrogens is 320 g/mol. The molecule has 0 bridgehead atoms. The highest BCUT2D eigenvalue weighted by molar-refractivity contribution is 5.84. The standard InChI is InChI=1S/C19H24N2O4/c1-13-7-3-5-9-16(13)21-19(23)14(2)25-18(22)12-24-17-10-6-4-8-15(17)11-20/h4,6,8,10,13-14,16H,3,5,7,9,12H2,1-2H3,(H,21,23)/t13-,14-,16-/m1/s1. The molecule has 1 N–H and O–H groups in total. The summed E-state index contributed by atoms with van der Waals surface area (Å²) in [5, 5.41) is 11.9. The lowest BCUT2D eigenvalue weighted by molar-refractivity contribution is -0.157. The predicted octanol–water partition coefficient (Wildman–Crippen LogP) is 2.56. The number of amides is 1. The number of para-hydroxylation sites is 1. The Bertz CT molecular complexity index is 653. The number of esters is 1. The van der Waals surface area contributed by atoms with Gasteiger partial charge in [-0.05, 0) is 37.8 Å². The number of nitrogens with zero attached hydrogens (tertiary/aromatic N) is 1. The first-order chi connectivity index (χ1) is 12.0. The van der Waals surface area contributed by atoms with Gasteiger partial charge in [-0.3, -0.25) is 4.79 Å². The zero-order valence-corrected chi connectivity index (χ0v) is 14.7. The normalized spacial score (nSPS) is 20.8. The van der Waals surface area contributed by atoms with E-state index in [0.29, 0.717) is 17.2 Å². The number of nitriles is 1. The Morgan fingerprint density at radius 2 is 2.04 bits per heavy atom. The smallest absolute Gasteiger partial charge is 0.344 e. The molecule has 0 heterocycles. The molecule has 6 heteroatoms. The molecule has 1 aliphatic carbocycles. The Morgan fingerprint density at radius 3 is 2.76 bits per heavy atom. The van der Waals surface area contributed by atoms with Crippen LogP contribution < -0.4 is 10.1 Å². The van der Waals surface area contributed by atoms with Gasteiger partial charge in [0.2, 0.25) is 0 Å². The van der Waals surface area contributed by atoms with Crippen LogP contribution in [0.15, 0.2) is 24.3 Å². The molecule has 3 atom stereocenters. The van der Waals surface area contributed by atoms with Crippen molar-refractivity contribution in [1.82, 2.24) is 5.32 Å². The number of hydrogen-bond acceptors (Lipinski definition) is 5. The van der Waals surface area contributed by atoms with Gasteiger partial charge in [-0.2, -0.15) is 5.26 Å². The van der Waals surface area contributed by atoms with Crippen LogP contribution in [0.2, 0.25) is 0 Å². The Morgan fingerprint density at radius 1 is 1.32 bits per heavy atom. The van der Waals surface area contributed by atoms with E-state index in [1.807, 2.05) is 6.07 Å². The second-order valence-electron chi connectivity index (χ2n) is 6.41. The van der Waals surface area contributed by atoms with Crippen LogP contribution in [-0.2, 0) is 14.3 Å². The summed E-state index contributed by atoms with van der Waals surface area (Å²) in [5.74, 6) is -0.182. The van der Waals surface area contributed by atoms with E-state index in [9.17, 15) is 9.59 Å². The fourth-order valence-electron chi connectivity index (χ4n) is 2.94. The maximum absolute atomic E-state index is 12.2. The second kappa shape index (κ2) is 9.07. The zero-order valence-electron chi connectivity index (χ0n) is 14.7. The minimum absolute atomic E-state index is 0.140. The Kier molecular flexibility index (Phi) is 6.81. The molecule has 1 fully saturated rings. The number of ether oxygens (including phenoxy) is 2. The summed E-state index contributed by atoms with van der Waals surface area (Å²) in [6.07, 6.45) is 3.48.